The van der Waals surface area contributed by atoms with Crippen LogP contribution in [0.1, 0.15) is 60.5 Å². The van der Waals surface area contributed by atoms with Gasteiger partial charge in [0.05, 0.1) is 5.76 Å². The van der Waals surface area contributed by atoms with Gasteiger partial charge in [-0.3, -0.25) is 0 Å². The van der Waals surface area contributed by atoms with E-state index in [0.29, 0.717) is 5.76 Å². The summed E-state index contributed by atoms with van der Waals surface area (Å²) in [5.74, 6) is 0.821. The molecule has 1 aromatic rings. The largest absolute Gasteiger partial charge is 0.513 e. The molecule has 2 nitrogen and oxygen atoms in total. The lowest BCUT2D eigenvalue weighted by Gasteiger charge is -2.08. The molecular formula is C19H32O2. The van der Waals surface area contributed by atoms with Crippen LogP contribution in [0.3, 0.4) is 0 Å². The van der Waals surface area contributed by atoms with E-state index in [2.05, 4.69) is 13.0 Å². The number of benzene rings is 1. The van der Waals surface area contributed by atoms with Crippen LogP contribution in [0.25, 0.3) is 5.57 Å². The lowest BCUT2D eigenvalue weighted by atomic mass is 9.98. The maximum Gasteiger partial charge on any atom is 0.115 e. The number of hydrogen-bond donors (Lipinski definition) is 2. The fourth-order valence-electron chi connectivity index (χ4n) is 1.84. The molecule has 0 aliphatic rings. The molecule has 21 heavy (non-hydrogen) atoms. The highest BCUT2D eigenvalue weighted by molar-refractivity contribution is 5.66. The maximum atomic E-state index is 9.25. The Bertz CT molecular complexity index is 410. The third-order valence-electron chi connectivity index (χ3n) is 2.59. The number of rotatable bonds is 4. The minimum atomic E-state index is 0.198. The van der Waals surface area contributed by atoms with Crippen LogP contribution in [0.15, 0.2) is 42.2 Å². The molecule has 1 unspecified atom stereocenters. The van der Waals surface area contributed by atoms with E-state index in [1.807, 2.05) is 52.8 Å². The van der Waals surface area contributed by atoms with Gasteiger partial charge in [-0.1, -0.05) is 59.8 Å². The zero-order chi connectivity index (χ0) is 16.8. The second kappa shape index (κ2) is 13.3. The van der Waals surface area contributed by atoms with Crippen molar-refractivity contribution in [3.05, 3.63) is 47.7 Å². The minimum absolute atomic E-state index is 0.198. The molecule has 0 aromatic heterocycles. The molecule has 0 aliphatic carbocycles. The van der Waals surface area contributed by atoms with Crippen LogP contribution in [-0.2, 0) is 0 Å². The molecule has 0 saturated heterocycles. The quantitative estimate of drug-likeness (QED) is 0.636. The van der Waals surface area contributed by atoms with Gasteiger partial charge in [0.1, 0.15) is 5.75 Å². The first-order chi connectivity index (χ1) is 10.0. The smallest absolute Gasteiger partial charge is 0.115 e. The van der Waals surface area contributed by atoms with E-state index in [1.165, 1.54) is 5.57 Å². The predicted molar refractivity (Wildman–Crippen MR) is 94.6 cm³/mol. The predicted octanol–water partition coefficient (Wildman–Crippen LogP) is 6.34. The van der Waals surface area contributed by atoms with E-state index >= 15 is 0 Å². The molecular weight excluding hydrogens is 260 g/mol. The zero-order valence-corrected chi connectivity index (χ0v) is 14.6. The van der Waals surface area contributed by atoms with Gasteiger partial charge in [-0.05, 0) is 48.6 Å². The number of aliphatic hydroxyl groups is 1. The van der Waals surface area contributed by atoms with E-state index in [-0.39, 0.29) is 11.7 Å². The SMILES string of the molecule is CC.CC.CC/C(=C\C(C)/C=C(\C)O)c1ccc(O)cc1. The van der Waals surface area contributed by atoms with Crippen molar-refractivity contribution in [1.82, 2.24) is 0 Å². The van der Waals surface area contributed by atoms with Crippen LogP contribution in [-0.4, -0.2) is 10.2 Å². The lowest BCUT2D eigenvalue weighted by molar-refractivity contribution is 0.409. The highest BCUT2D eigenvalue weighted by atomic mass is 16.3. The monoisotopic (exact) mass is 292 g/mol. The van der Waals surface area contributed by atoms with Crippen molar-refractivity contribution in [2.75, 3.05) is 0 Å². The fraction of sp³-hybridized carbons (Fsp3) is 0.474. The normalized spacial score (nSPS) is 12.5. The van der Waals surface area contributed by atoms with E-state index in [0.717, 1.165) is 12.0 Å². The standard InChI is InChI=1S/C15H20O2.2C2H6/c1-4-13(10-11(2)9-12(3)16)14-5-7-15(17)8-6-14;2*1-2/h5-11,16-17H,4H2,1-3H3;2*1-2H3/b12-9+,13-10+;;. The molecule has 0 radical (unpaired) electrons. The molecule has 0 amide bonds. The van der Waals surface area contributed by atoms with Crippen molar-refractivity contribution in [3.63, 3.8) is 0 Å². The summed E-state index contributed by atoms with van der Waals surface area (Å²) >= 11 is 0. The first-order valence-electron chi connectivity index (χ1n) is 7.90. The number of allylic oxidation sites excluding steroid dienone is 4. The summed E-state index contributed by atoms with van der Waals surface area (Å²) in [5, 5.41) is 18.5. The molecule has 1 aromatic carbocycles. The molecule has 0 bridgehead atoms. The summed E-state index contributed by atoms with van der Waals surface area (Å²) in [7, 11) is 0. The van der Waals surface area contributed by atoms with Gasteiger partial charge in [-0.15, -0.1) is 0 Å². The van der Waals surface area contributed by atoms with Gasteiger partial charge >= 0.3 is 0 Å². The average Bonchev–Trinajstić information content (AvgIpc) is 2.49. The molecule has 0 heterocycles. The molecule has 0 fully saturated rings. The Balaban J connectivity index is 0. The van der Waals surface area contributed by atoms with Gasteiger partial charge in [-0.2, -0.15) is 0 Å². The summed E-state index contributed by atoms with van der Waals surface area (Å²) in [6, 6.07) is 7.20. The third kappa shape index (κ3) is 9.78. The Kier molecular flexibility index (Phi) is 13.7. The van der Waals surface area contributed by atoms with Gasteiger partial charge in [-0.25, -0.2) is 0 Å². The Morgan fingerprint density at radius 3 is 1.90 bits per heavy atom. The van der Waals surface area contributed by atoms with Crippen molar-refractivity contribution < 1.29 is 10.2 Å². The molecule has 0 saturated carbocycles. The highest BCUT2D eigenvalue weighted by Gasteiger charge is 2.02. The number of aromatic hydroxyl groups is 1. The summed E-state index contributed by atoms with van der Waals surface area (Å²) in [6.45, 7) is 13.8. The Morgan fingerprint density at radius 1 is 1.05 bits per heavy atom. The second-order valence-electron chi connectivity index (χ2n) is 4.26. The highest BCUT2D eigenvalue weighted by Crippen LogP contribution is 2.22. The molecule has 1 rings (SSSR count). The summed E-state index contributed by atoms with van der Waals surface area (Å²) in [6.07, 6.45) is 4.87. The number of phenols is 1. The summed E-state index contributed by atoms with van der Waals surface area (Å²) in [4.78, 5) is 0. The second-order valence-corrected chi connectivity index (χ2v) is 4.26. The van der Waals surface area contributed by atoms with Crippen LogP contribution in [0.4, 0.5) is 0 Å². The molecule has 2 heteroatoms. The van der Waals surface area contributed by atoms with Gasteiger partial charge in [0.2, 0.25) is 0 Å². The van der Waals surface area contributed by atoms with Crippen molar-refractivity contribution >= 4 is 5.57 Å². The van der Waals surface area contributed by atoms with Crippen molar-refractivity contribution in [3.8, 4) is 5.75 Å². The van der Waals surface area contributed by atoms with Crippen molar-refractivity contribution in [2.24, 2.45) is 5.92 Å². The van der Waals surface area contributed by atoms with E-state index in [9.17, 15) is 10.2 Å². The average molecular weight is 292 g/mol. The van der Waals surface area contributed by atoms with Gasteiger partial charge in [0, 0.05) is 0 Å². The first kappa shape index (κ1) is 21.6. The third-order valence-corrected chi connectivity index (χ3v) is 2.59. The minimum Gasteiger partial charge on any atom is -0.513 e. The fourth-order valence-corrected chi connectivity index (χ4v) is 1.84. The number of aliphatic hydroxyl groups excluding tert-OH is 1. The van der Waals surface area contributed by atoms with Crippen LogP contribution >= 0.6 is 0 Å². The molecule has 2 N–H and O–H groups in total. The van der Waals surface area contributed by atoms with E-state index in [1.54, 1.807) is 19.1 Å². The van der Waals surface area contributed by atoms with Crippen LogP contribution in [0.2, 0.25) is 0 Å². The van der Waals surface area contributed by atoms with E-state index in [4.69, 9.17) is 0 Å². The van der Waals surface area contributed by atoms with Crippen LogP contribution < -0.4 is 0 Å². The molecule has 0 aliphatic heterocycles. The lowest BCUT2D eigenvalue weighted by Crippen LogP contribution is -1.90. The van der Waals surface area contributed by atoms with Gasteiger partial charge < -0.3 is 10.2 Å². The Morgan fingerprint density at radius 2 is 1.52 bits per heavy atom. The summed E-state index contributed by atoms with van der Waals surface area (Å²) in [5.41, 5.74) is 2.33. The first-order valence-corrected chi connectivity index (χ1v) is 7.90. The zero-order valence-electron chi connectivity index (χ0n) is 14.6. The van der Waals surface area contributed by atoms with Gasteiger partial charge in [0.15, 0.2) is 0 Å². The van der Waals surface area contributed by atoms with Crippen LogP contribution in [0, 0.1) is 5.92 Å². The summed E-state index contributed by atoms with van der Waals surface area (Å²) < 4.78 is 0. The maximum absolute atomic E-state index is 9.25. The Labute approximate surface area is 130 Å². The van der Waals surface area contributed by atoms with Crippen LogP contribution in [0.5, 0.6) is 5.75 Å². The Hall–Kier alpha value is -1.70. The molecule has 1 atom stereocenters. The molecule has 120 valence electrons. The number of hydrogen-bond acceptors (Lipinski definition) is 2. The van der Waals surface area contributed by atoms with Crippen molar-refractivity contribution in [1.29, 1.82) is 0 Å². The topological polar surface area (TPSA) is 40.5 Å². The van der Waals surface area contributed by atoms with E-state index < -0.39 is 0 Å². The van der Waals surface area contributed by atoms with Crippen molar-refractivity contribution in [2.45, 2.75) is 54.9 Å². The molecule has 0 spiro atoms. The number of phenolic OH excluding ortho intramolecular Hbond substituents is 1. The van der Waals surface area contributed by atoms with Gasteiger partial charge in [0.25, 0.3) is 0 Å².